The van der Waals surface area contributed by atoms with Crippen LogP contribution in [0.3, 0.4) is 0 Å². The molecule has 5 heterocycles. The van der Waals surface area contributed by atoms with Crippen LogP contribution < -0.4 is 0 Å². The highest BCUT2D eigenvalue weighted by Gasteiger charge is 2.37. The van der Waals surface area contributed by atoms with Gasteiger partial charge < -0.3 is 29.2 Å². The average molecular weight is 560 g/mol. The van der Waals surface area contributed by atoms with Crippen LogP contribution in [-0.4, -0.2) is 81.3 Å². The number of carbonyl (C=O) groups excluding carboxylic acids is 2. The number of carbonyl (C=O) groups is 2. The van der Waals surface area contributed by atoms with Crippen LogP contribution in [0.15, 0.2) is 30.6 Å². The van der Waals surface area contributed by atoms with Gasteiger partial charge in [-0.3, -0.25) is 0 Å². The lowest BCUT2D eigenvalue weighted by Crippen LogP contribution is -2.53. The van der Waals surface area contributed by atoms with Gasteiger partial charge in [0.1, 0.15) is 11.2 Å². The summed E-state index contributed by atoms with van der Waals surface area (Å²) in [7, 11) is 0. The van der Waals surface area contributed by atoms with E-state index in [4.69, 9.17) is 9.47 Å². The number of H-pyrrole nitrogens is 1. The summed E-state index contributed by atoms with van der Waals surface area (Å²) in [6.07, 6.45) is 6.15. The van der Waals surface area contributed by atoms with Crippen LogP contribution in [0.5, 0.6) is 0 Å². The van der Waals surface area contributed by atoms with E-state index in [9.17, 15) is 9.59 Å². The molecule has 218 valence electrons. The number of likely N-dealkylation sites (tertiary alicyclic amines) is 1. The number of hydrogen-bond donors (Lipinski definition) is 1. The first-order valence-corrected chi connectivity index (χ1v) is 14.8. The molecule has 2 saturated heterocycles. The van der Waals surface area contributed by atoms with E-state index in [0.717, 1.165) is 58.1 Å². The molecule has 41 heavy (non-hydrogen) atoms. The van der Waals surface area contributed by atoms with E-state index in [-0.39, 0.29) is 24.2 Å². The smallest absolute Gasteiger partial charge is 0.410 e. The van der Waals surface area contributed by atoms with E-state index in [0.29, 0.717) is 39.4 Å². The zero-order valence-electron chi connectivity index (χ0n) is 24.8. The summed E-state index contributed by atoms with van der Waals surface area (Å²) < 4.78 is 11.4. The molecule has 0 bridgehead atoms. The Morgan fingerprint density at radius 3 is 2.71 bits per heavy atom. The molecule has 0 radical (unpaired) electrons. The lowest BCUT2D eigenvalue weighted by Gasteiger charge is -2.40. The number of urea groups is 1. The summed E-state index contributed by atoms with van der Waals surface area (Å²) in [5.41, 5.74) is 7.10. The van der Waals surface area contributed by atoms with Gasteiger partial charge in [-0.15, -0.1) is 0 Å². The van der Waals surface area contributed by atoms with E-state index < -0.39 is 5.60 Å². The molecule has 3 aliphatic heterocycles. The molecule has 2 fully saturated rings. The zero-order valence-corrected chi connectivity index (χ0v) is 24.8. The number of nitrogens with zero attached hydrogens (tertiary/aromatic N) is 4. The summed E-state index contributed by atoms with van der Waals surface area (Å²) in [4.78, 5) is 40.7. The van der Waals surface area contributed by atoms with Crippen LogP contribution in [0.4, 0.5) is 9.59 Å². The highest BCUT2D eigenvalue weighted by molar-refractivity contribution is 5.85. The molecule has 0 aliphatic carbocycles. The Morgan fingerprint density at radius 1 is 1.10 bits per heavy atom. The maximum atomic E-state index is 13.7. The van der Waals surface area contributed by atoms with Gasteiger partial charge in [-0.25, -0.2) is 14.6 Å². The molecule has 9 nitrogen and oxygen atoms in total. The lowest BCUT2D eigenvalue weighted by atomic mass is 9.87. The van der Waals surface area contributed by atoms with E-state index in [2.05, 4.69) is 35.1 Å². The van der Waals surface area contributed by atoms with Crippen molar-refractivity contribution in [3.05, 3.63) is 52.8 Å². The van der Waals surface area contributed by atoms with Gasteiger partial charge in [-0.1, -0.05) is 6.07 Å². The third-order valence-corrected chi connectivity index (χ3v) is 8.57. The number of aromatic amines is 1. The number of aryl methyl sites for hydroxylation is 1. The predicted octanol–water partition coefficient (Wildman–Crippen LogP) is 5.81. The summed E-state index contributed by atoms with van der Waals surface area (Å²) >= 11 is 0. The molecule has 3 amide bonds. The minimum atomic E-state index is -0.570. The predicted molar refractivity (Wildman–Crippen MR) is 158 cm³/mol. The zero-order chi connectivity index (χ0) is 28.9. The van der Waals surface area contributed by atoms with Gasteiger partial charge >= 0.3 is 12.1 Å². The number of rotatable bonds is 2. The van der Waals surface area contributed by atoms with Gasteiger partial charge in [0.2, 0.25) is 0 Å². The molecular formula is C32H41N5O4. The van der Waals surface area contributed by atoms with Gasteiger partial charge in [-0.05, 0) is 93.8 Å². The molecule has 9 heteroatoms. The SMILES string of the molecule is Cc1c[nH]c2ncc(-c3cc4c(c([C@@H]5CCCN5C(=O)OC(C)(C)C)c3)CN(C(=O)N3CCOC[C@H]3C)CC4)cc12. The van der Waals surface area contributed by atoms with E-state index >= 15 is 0 Å². The van der Waals surface area contributed by atoms with Crippen LogP contribution in [0, 0.1) is 6.92 Å². The first-order valence-electron chi connectivity index (χ1n) is 14.8. The van der Waals surface area contributed by atoms with Crippen molar-refractivity contribution in [3.8, 4) is 11.1 Å². The Balaban J connectivity index is 1.40. The fraction of sp³-hybridized carbons (Fsp3) is 0.531. The Bertz CT molecular complexity index is 1470. The number of pyridine rings is 1. The second kappa shape index (κ2) is 10.7. The van der Waals surface area contributed by atoms with Gasteiger partial charge in [0, 0.05) is 49.5 Å². The van der Waals surface area contributed by atoms with Crippen LogP contribution in [0.25, 0.3) is 22.2 Å². The van der Waals surface area contributed by atoms with Crippen molar-refractivity contribution in [1.29, 1.82) is 0 Å². The summed E-state index contributed by atoms with van der Waals surface area (Å²) in [6.45, 7) is 13.4. The van der Waals surface area contributed by atoms with Crippen LogP contribution in [0.2, 0.25) is 0 Å². The van der Waals surface area contributed by atoms with Crippen LogP contribution in [0.1, 0.15) is 68.8 Å². The summed E-state index contributed by atoms with van der Waals surface area (Å²) in [5, 5.41) is 1.11. The fourth-order valence-corrected chi connectivity index (χ4v) is 6.44. The molecule has 3 aliphatic rings. The Labute approximate surface area is 241 Å². The lowest BCUT2D eigenvalue weighted by molar-refractivity contribution is 0.00923. The van der Waals surface area contributed by atoms with Gasteiger partial charge in [0.05, 0.1) is 25.3 Å². The maximum Gasteiger partial charge on any atom is 0.410 e. The molecule has 1 aromatic carbocycles. The second-order valence-electron chi connectivity index (χ2n) is 12.7. The van der Waals surface area contributed by atoms with Crippen molar-refractivity contribution in [1.82, 2.24) is 24.7 Å². The first kappa shape index (κ1) is 27.6. The highest BCUT2D eigenvalue weighted by Crippen LogP contribution is 2.40. The normalized spacial score (nSPS) is 21.3. The number of hydrogen-bond acceptors (Lipinski definition) is 5. The maximum absolute atomic E-state index is 13.7. The third-order valence-electron chi connectivity index (χ3n) is 8.57. The van der Waals surface area contributed by atoms with Crippen LogP contribution >= 0.6 is 0 Å². The molecule has 0 unspecified atom stereocenters. The molecular weight excluding hydrogens is 518 g/mol. The van der Waals surface area contributed by atoms with Crippen molar-refractivity contribution >= 4 is 23.2 Å². The van der Waals surface area contributed by atoms with E-state index in [1.807, 2.05) is 54.8 Å². The largest absolute Gasteiger partial charge is 0.444 e. The monoisotopic (exact) mass is 559 g/mol. The van der Waals surface area contributed by atoms with E-state index in [1.54, 1.807) is 0 Å². The molecule has 0 saturated carbocycles. The molecule has 6 rings (SSSR count). The molecule has 2 atom stereocenters. The molecule has 3 aromatic rings. The number of nitrogens with one attached hydrogen (secondary N) is 1. The standard InChI is InChI=1S/C32H41N5O4/c1-20-16-33-29-25(20)15-24(17-34-29)23-13-22-8-10-35(30(38)36-11-12-40-19-21(36)2)18-27(22)26(14-23)28-7-6-9-37(28)31(39)41-32(3,4)5/h13-17,21,28H,6-12,18-19H2,1-5H3,(H,33,34)/t21-,28+/m1/s1. The van der Waals surface area contributed by atoms with Gasteiger partial charge in [-0.2, -0.15) is 0 Å². The topological polar surface area (TPSA) is 91.0 Å². The molecule has 1 N–H and O–H groups in total. The number of morpholine rings is 1. The number of amides is 3. The number of ether oxygens (including phenoxy) is 2. The van der Waals surface area contributed by atoms with E-state index in [1.165, 1.54) is 5.56 Å². The minimum Gasteiger partial charge on any atom is -0.444 e. The first-order chi connectivity index (χ1) is 19.6. The summed E-state index contributed by atoms with van der Waals surface area (Å²) in [5.74, 6) is 0. The molecule has 2 aromatic heterocycles. The molecule has 0 spiro atoms. The quantitative estimate of drug-likeness (QED) is 0.428. The Hall–Kier alpha value is -3.59. The third kappa shape index (κ3) is 5.39. The van der Waals surface area contributed by atoms with Crippen molar-refractivity contribution < 1.29 is 19.1 Å². The van der Waals surface area contributed by atoms with Crippen LogP contribution in [-0.2, 0) is 22.4 Å². The summed E-state index contributed by atoms with van der Waals surface area (Å²) in [6, 6.07) is 6.68. The second-order valence-corrected chi connectivity index (χ2v) is 12.7. The van der Waals surface area contributed by atoms with Crippen molar-refractivity contribution in [2.75, 3.05) is 32.8 Å². The number of fused-ring (bicyclic) bond motifs is 2. The number of aromatic nitrogens is 2. The number of benzene rings is 1. The van der Waals surface area contributed by atoms with Gasteiger partial charge in [0.15, 0.2) is 0 Å². The highest BCUT2D eigenvalue weighted by atomic mass is 16.6. The van der Waals surface area contributed by atoms with Crippen molar-refractivity contribution in [2.45, 2.75) is 78.1 Å². The minimum absolute atomic E-state index is 0.0521. The van der Waals surface area contributed by atoms with Gasteiger partial charge in [0.25, 0.3) is 0 Å². The van der Waals surface area contributed by atoms with Crippen molar-refractivity contribution in [2.24, 2.45) is 0 Å². The Kier molecular flexibility index (Phi) is 7.18. The Morgan fingerprint density at radius 2 is 1.93 bits per heavy atom. The fourth-order valence-electron chi connectivity index (χ4n) is 6.44. The average Bonchev–Trinajstić information content (AvgIpc) is 3.58. The van der Waals surface area contributed by atoms with Crippen molar-refractivity contribution in [3.63, 3.8) is 0 Å².